The number of carbonyl (C=O) groups excluding carboxylic acids is 1. The van der Waals surface area contributed by atoms with Gasteiger partial charge in [0.05, 0.1) is 0 Å². The lowest BCUT2D eigenvalue weighted by Crippen LogP contribution is -2.37. The Morgan fingerprint density at radius 2 is 1.88 bits per heavy atom. The van der Waals surface area contributed by atoms with Crippen molar-refractivity contribution in [2.75, 3.05) is 14.2 Å². The van der Waals surface area contributed by atoms with Crippen LogP contribution in [-0.4, -0.2) is 37.1 Å². The molecular weight excluding hydrogens is 345 g/mol. The molecule has 0 bridgehead atoms. The number of hydrogen-bond donors (Lipinski definition) is 2. The third kappa shape index (κ3) is 6.69. The van der Waals surface area contributed by atoms with Crippen LogP contribution < -0.4 is 10.6 Å². The Hall–Kier alpha value is -1.56. The van der Waals surface area contributed by atoms with Gasteiger partial charge in [-0.15, -0.1) is 0 Å². The maximum absolute atomic E-state index is 12.3. The van der Waals surface area contributed by atoms with Gasteiger partial charge in [0.25, 0.3) is 0 Å². The number of carbonyl (C=O) groups is 1. The van der Waals surface area contributed by atoms with Crippen LogP contribution in [-0.2, 0) is 24.8 Å². The monoisotopic (exact) mass is 373 g/mol. The fraction of sp³-hybridized carbons (Fsp3) is 0.588. The summed E-state index contributed by atoms with van der Waals surface area (Å²) < 4.78 is 27.3. The minimum absolute atomic E-state index is 0.0966. The van der Waals surface area contributed by atoms with Crippen LogP contribution in [0.15, 0.2) is 18.2 Å². The van der Waals surface area contributed by atoms with Crippen molar-refractivity contribution in [3.63, 3.8) is 0 Å². The van der Waals surface area contributed by atoms with E-state index >= 15 is 0 Å². The molecule has 25 heavy (non-hydrogen) atoms. The standard InChI is InChI=1S/C17H28NO6P/c1-12(18-16(20)24-17(2,3)4)7-8-13-9-10-15(14(19)11-13)25(21,22-5)23-6/h9-12,19H,7-8H2,1-6H3,(H,18,20). The fourth-order valence-electron chi connectivity index (χ4n) is 2.19. The van der Waals surface area contributed by atoms with E-state index in [-0.39, 0.29) is 17.1 Å². The third-order valence-electron chi connectivity index (χ3n) is 3.44. The van der Waals surface area contributed by atoms with Crippen LogP contribution in [0.2, 0.25) is 0 Å². The van der Waals surface area contributed by atoms with E-state index in [0.717, 1.165) is 5.56 Å². The molecule has 0 aliphatic rings. The maximum Gasteiger partial charge on any atom is 0.407 e. The first-order valence-corrected chi connectivity index (χ1v) is 9.58. The van der Waals surface area contributed by atoms with E-state index in [4.69, 9.17) is 13.8 Å². The van der Waals surface area contributed by atoms with Crippen molar-refractivity contribution in [2.24, 2.45) is 0 Å². The van der Waals surface area contributed by atoms with Crippen LogP contribution in [0, 0.1) is 0 Å². The van der Waals surface area contributed by atoms with Gasteiger partial charge in [-0.3, -0.25) is 4.57 Å². The van der Waals surface area contributed by atoms with Gasteiger partial charge in [-0.2, -0.15) is 0 Å². The number of ether oxygens (including phenoxy) is 1. The van der Waals surface area contributed by atoms with Crippen molar-refractivity contribution < 1.29 is 28.3 Å². The number of rotatable bonds is 7. The molecule has 0 heterocycles. The van der Waals surface area contributed by atoms with Gasteiger partial charge in [0.2, 0.25) is 0 Å². The van der Waals surface area contributed by atoms with E-state index in [1.54, 1.807) is 26.8 Å². The highest BCUT2D eigenvalue weighted by Gasteiger charge is 2.28. The zero-order chi connectivity index (χ0) is 19.3. The van der Waals surface area contributed by atoms with Crippen molar-refractivity contribution >= 4 is 19.0 Å². The van der Waals surface area contributed by atoms with Gasteiger partial charge < -0.3 is 24.2 Å². The largest absolute Gasteiger partial charge is 0.507 e. The number of aromatic hydroxyl groups is 1. The Morgan fingerprint density at radius 3 is 2.36 bits per heavy atom. The Labute approximate surface area is 149 Å². The highest BCUT2D eigenvalue weighted by Crippen LogP contribution is 2.47. The molecule has 0 radical (unpaired) electrons. The summed E-state index contributed by atoms with van der Waals surface area (Å²) >= 11 is 0. The van der Waals surface area contributed by atoms with Crippen LogP contribution in [0.3, 0.4) is 0 Å². The topological polar surface area (TPSA) is 94.1 Å². The van der Waals surface area contributed by atoms with Crippen LogP contribution in [0.4, 0.5) is 4.79 Å². The summed E-state index contributed by atoms with van der Waals surface area (Å²) in [6, 6.07) is 4.71. The summed E-state index contributed by atoms with van der Waals surface area (Å²) in [6.07, 6.45) is 0.818. The van der Waals surface area contributed by atoms with Crippen molar-refractivity contribution in [2.45, 2.75) is 52.2 Å². The molecule has 0 spiro atoms. The molecule has 1 amide bonds. The average Bonchev–Trinajstić information content (AvgIpc) is 2.50. The van der Waals surface area contributed by atoms with Gasteiger partial charge in [-0.1, -0.05) is 6.07 Å². The highest BCUT2D eigenvalue weighted by atomic mass is 31.2. The zero-order valence-electron chi connectivity index (χ0n) is 15.7. The van der Waals surface area contributed by atoms with E-state index < -0.39 is 19.3 Å². The smallest absolute Gasteiger partial charge is 0.407 e. The zero-order valence-corrected chi connectivity index (χ0v) is 16.6. The fourth-order valence-corrected chi connectivity index (χ4v) is 3.34. The lowest BCUT2D eigenvalue weighted by molar-refractivity contribution is 0.0506. The van der Waals surface area contributed by atoms with Crippen LogP contribution in [0.25, 0.3) is 0 Å². The van der Waals surface area contributed by atoms with Gasteiger partial charge in [0.1, 0.15) is 16.7 Å². The second kappa shape index (κ2) is 8.70. The summed E-state index contributed by atoms with van der Waals surface area (Å²) in [5.41, 5.74) is 0.306. The van der Waals surface area contributed by atoms with E-state index in [0.29, 0.717) is 12.8 Å². The SMILES string of the molecule is COP(=O)(OC)c1ccc(CCC(C)NC(=O)OC(C)(C)C)cc1O. The number of benzene rings is 1. The second-order valence-corrected chi connectivity index (χ2v) is 8.98. The summed E-state index contributed by atoms with van der Waals surface area (Å²) in [4.78, 5) is 11.7. The molecule has 1 unspecified atom stereocenters. The number of phenolic OH excluding ortho intramolecular Hbond substituents is 1. The Morgan fingerprint density at radius 1 is 1.28 bits per heavy atom. The van der Waals surface area contributed by atoms with Crippen molar-refractivity contribution in [3.05, 3.63) is 23.8 Å². The Balaban J connectivity index is 2.65. The number of hydrogen-bond acceptors (Lipinski definition) is 6. The molecule has 7 nitrogen and oxygen atoms in total. The molecule has 1 atom stereocenters. The molecule has 0 aliphatic heterocycles. The molecule has 0 saturated heterocycles. The van der Waals surface area contributed by atoms with E-state index in [9.17, 15) is 14.5 Å². The molecule has 8 heteroatoms. The van der Waals surface area contributed by atoms with Gasteiger partial charge in [0.15, 0.2) is 0 Å². The number of aryl methyl sites for hydroxylation is 1. The predicted molar refractivity (Wildman–Crippen MR) is 96.5 cm³/mol. The van der Waals surface area contributed by atoms with Crippen molar-refractivity contribution in [1.82, 2.24) is 5.32 Å². The molecule has 0 aromatic heterocycles. The molecule has 1 aromatic rings. The summed E-state index contributed by atoms with van der Waals surface area (Å²) in [5.74, 6) is -0.141. The maximum atomic E-state index is 12.3. The molecule has 2 N–H and O–H groups in total. The van der Waals surface area contributed by atoms with E-state index in [1.165, 1.54) is 26.4 Å². The lowest BCUT2D eigenvalue weighted by Gasteiger charge is -2.22. The quantitative estimate of drug-likeness (QED) is 0.712. The molecule has 0 fully saturated rings. The molecule has 1 rings (SSSR count). The Kier molecular flexibility index (Phi) is 7.47. The third-order valence-corrected chi connectivity index (χ3v) is 5.37. The molecule has 0 aliphatic carbocycles. The minimum Gasteiger partial charge on any atom is -0.507 e. The van der Waals surface area contributed by atoms with E-state index in [1.807, 2.05) is 6.92 Å². The Bertz CT molecular complexity index is 633. The van der Waals surface area contributed by atoms with Gasteiger partial charge in [-0.25, -0.2) is 4.79 Å². The molecule has 1 aromatic carbocycles. The summed E-state index contributed by atoms with van der Waals surface area (Å²) in [5, 5.41) is 13.0. The van der Waals surface area contributed by atoms with Crippen LogP contribution in [0.1, 0.15) is 39.7 Å². The highest BCUT2D eigenvalue weighted by molar-refractivity contribution is 7.62. The van der Waals surface area contributed by atoms with Crippen molar-refractivity contribution in [1.29, 1.82) is 0 Å². The van der Waals surface area contributed by atoms with Gasteiger partial charge in [-0.05, 0) is 58.2 Å². The lowest BCUT2D eigenvalue weighted by atomic mass is 10.1. The second-order valence-electron chi connectivity index (χ2n) is 6.77. The normalized spacial score (nSPS) is 13.4. The summed E-state index contributed by atoms with van der Waals surface area (Å²) in [6.45, 7) is 7.29. The molecule has 142 valence electrons. The van der Waals surface area contributed by atoms with Crippen molar-refractivity contribution in [3.8, 4) is 5.75 Å². The first-order valence-electron chi connectivity index (χ1n) is 8.04. The first kappa shape index (κ1) is 21.5. The number of phenols is 1. The number of alkyl carbamates (subject to hydrolysis) is 1. The van der Waals surface area contributed by atoms with E-state index in [2.05, 4.69) is 5.32 Å². The van der Waals surface area contributed by atoms with Gasteiger partial charge in [0, 0.05) is 20.3 Å². The average molecular weight is 373 g/mol. The van der Waals surface area contributed by atoms with Crippen LogP contribution >= 0.6 is 7.60 Å². The van der Waals surface area contributed by atoms with Crippen LogP contribution in [0.5, 0.6) is 5.75 Å². The minimum atomic E-state index is -3.49. The predicted octanol–water partition coefficient (Wildman–Crippen LogP) is 3.35. The number of amides is 1. The molecule has 0 saturated carbocycles. The number of nitrogens with one attached hydrogen (secondary N) is 1. The first-order chi connectivity index (χ1) is 11.5. The van der Waals surface area contributed by atoms with Gasteiger partial charge >= 0.3 is 13.7 Å². The molecular formula is C17H28NO6P. The summed E-state index contributed by atoms with van der Waals surface area (Å²) in [7, 11) is -0.960.